The van der Waals surface area contributed by atoms with Crippen LogP contribution in [0.2, 0.25) is 0 Å². The second-order valence-electron chi connectivity index (χ2n) is 1.41. The Morgan fingerprint density at radius 3 is 1.07 bits per heavy atom. The molecule has 0 aromatic heterocycles. The molecule has 8 nitrogen and oxygen atoms in total. The smallest absolute Gasteiger partial charge is 0.822 e. The van der Waals surface area contributed by atoms with E-state index in [-0.39, 0.29) is 154 Å². The van der Waals surface area contributed by atoms with Gasteiger partial charge in [0, 0.05) is 0 Å². The molecule has 0 rings (SSSR count). The van der Waals surface area contributed by atoms with E-state index in [1.807, 2.05) is 0 Å². The van der Waals surface area contributed by atoms with Gasteiger partial charge in [-0.05, 0) is 0 Å². The zero-order chi connectivity index (χ0) is 10.4. The molecule has 0 saturated heterocycles. The molecule has 12 heteroatoms. The van der Waals surface area contributed by atoms with Crippen LogP contribution in [0.3, 0.4) is 0 Å². The average molecular weight is 316 g/mol. The van der Waals surface area contributed by atoms with Crippen molar-refractivity contribution >= 4 is 19.8 Å². The summed E-state index contributed by atoms with van der Waals surface area (Å²) >= 11 is 0. The van der Waals surface area contributed by atoms with Crippen LogP contribution in [0.25, 0.3) is 0 Å². The third kappa shape index (κ3) is 72.2. The van der Waals surface area contributed by atoms with Crippen molar-refractivity contribution in [2.75, 3.05) is 0 Å². The van der Waals surface area contributed by atoms with Gasteiger partial charge in [-0.1, -0.05) is 0 Å². The maximum atomic E-state index is 9.43. The molecule has 0 amide bonds. The van der Waals surface area contributed by atoms with Crippen molar-refractivity contribution in [2.24, 2.45) is 0 Å². The van der Waals surface area contributed by atoms with E-state index >= 15 is 0 Å². The molecule has 0 radical (unpaired) electrons. The van der Waals surface area contributed by atoms with Crippen molar-refractivity contribution in [3.63, 3.8) is 0 Å². The molecular weight excluding hydrogens is 312 g/mol. The standard InChI is InChI=1S/C3H4O4.3K.H3O4P/c4-2(5)1-3(6)7;;;;1-5(2,3)4/h1H2,(H,4,5)(H,6,7);;;;(H3,1,2,3,4)/q;3*+1;/p-3. The molecule has 0 bridgehead atoms. The van der Waals surface area contributed by atoms with Gasteiger partial charge >= 0.3 is 166 Å². The van der Waals surface area contributed by atoms with Crippen LogP contribution in [0, 0.1) is 0 Å². The summed E-state index contributed by atoms with van der Waals surface area (Å²) in [5.74, 6) is -2.62. The fourth-order valence-electron chi connectivity index (χ4n) is 0.129. The van der Waals surface area contributed by atoms with Crippen molar-refractivity contribution in [1.29, 1.82) is 0 Å². The van der Waals surface area contributed by atoms with Gasteiger partial charge in [-0.2, -0.15) is 7.82 Å². The van der Waals surface area contributed by atoms with Crippen molar-refractivity contribution in [1.82, 2.24) is 0 Å². The number of aliphatic carboxylic acids is 2. The molecular formula is C3H4K3O8P. The molecule has 0 aromatic carbocycles. The Balaban J connectivity index is -0.0000000383. The van der Waals surface area contributed by atoms with Gasteiger partial charge in [-0.15, -0.1) is 0 Å². The predicted octanol–water partition coefficient (Wildman–Crippen LogP) is -12.3. The summed E-state index contributed by atoms with van der Waals surface area (Å²) in [6, 6.07) is 0. The summed E-state index contributed by atoms with van der Waals surface area (Å²) in [7, 11) is -5.39. The van der Waals surface area contributed by atoms with Crippen LogP contribution in [0.5, 0.6) is 0 Å². The minimum Gasteiger partial charge on any atom is -0.822 e. The van der Waals surface area contributed by atoms with Gasteiger partial charge in [0.2, 0.25) is 0 Å². The molecule has 0 saturated carbocycles. The average Bonchev–Trinajstić information content (AvgIpc) is 1.52. The number of rotatable bonds is 2. The van der Waals surface area contributed by atoms with Crippen molar-refractivity contribution in [3.8, 4) is 0 Å². The Morgan fingerprint density at radius 1 is 0.933 bits per heavy atom. The van der Waals surface area contributed by atoms with E-state index in [2.05, 4.69) is 0 Å². The summed E-state index contributed by atoms with van der Waals surface area (Å²) in [5.41, 5.74) is 0. The van der Waals surface area contributed by atoms with Crippen molar-refractivity contribution in [3.05, 3.63) is 0 Å². The molecule has 0 unspecified atom stereocenters. The largest absolute Gasteiger partial charge is 1.00 e. The molecule has 2 N–H and O–H groups in total. The first-order valence-corrected chi connectivity index (χ1v) is 3.75. The first-order valence-electron chi connectivity index (χ1n) is 2.29. The van der Waals surface area contributed by atoms with Gasteiger partial charge < -0.3 is 29.5 Å². The molecule has 0 atom stereocenters. The molecule has 15 heavy (non-hydrogen) atoms. The van der Waals surface area contributed by atoms with Crippen LogP contribution in [0.4, 0.5) is 0 Å². The third-order valence-electron chi connectivity index (χ3n) is 0.302. The predicted molar refractivity (Wildman–Crippen MR) is 27.5 cm³/mol. The fraction of sp³-hybridized carbons (Fsp3) is 0.333. The summed E-state index contributed by atoms with van der Waals surface area (Å²) in [6.45, 7) is 0. The van der Waals surface area contributed by atoms with Crippen LogP contribution in [0.1, 0.15) is 6.42 Å². The summed E-state index contributed by atoms with van der Waals surface area (Å²) in [4.78, 5) is 44.5. The van der Waals surface area contributed by atoms with Gasteiger partial charge in [0.05, 0.1) is 0 Å². The van der Waals surface area contributed by atoms with E-state index in [1.165, 1.54) is 0 Å². The second-order valence-corrected chi connectivity index (χ2v) is 2.31. The molecule has 0 aliphatic carbocycles. The van der Waals surface area contributed by atoms with E-state index in [0.29, 0.717) is 0 Å². The van der Waals surface area contributed by atoms with Crippen molar-refractivity contribution in [2.45, 2.75) is 6.42 Å². The van der Waals surface area contributed by atoms with Gasteiger partial charge in [0.15, 0.2) is 0 Å². The van der Waals surface area contributed by atoms with Gasteiger partial charge in [0.25, 0.3) is 0 Å². The molecule has 0 heterocycles. The fourth-order valence-corrected chi connectivity index (χ4v) is 0.129. The molecule has 72 valence electrons. The zero-order valence-corrected chi connectivity index (χ0v) is 18.8. The van der Waals surface area contributed by atoms with Crippen LogP contribution in [0.15, 0.2) is 0 Å². The first kappa shape index (κ1) is 31.4. The maximum absolute atomic E-state index is 9.43. The Hall–Kier alpha value is 3.96. The van der Waals surface area contributed by atoms with E-state index in [1.54, 1.807) is 0 Å². The molecule has 0 aliphatic rings. The van der Waals surface area contributed by atoms with Crippen LogP contribution in [-0.2, 0) is 14.2 Å². The van der Waals surface area contributed by atoms with Crippen LogP contribution >= 0.6 is 7.82 Å². The van der Waals surface area contributed by atoms with Crippen LogP contribution < -0.4 is 169 Å². The monoisotopic (exact) mass is 316 g/mol. The SMILES string of the molecule is O=C(O)CC(=O)O.O=P([O-])([O-])[O-].[K+].[K+].[K+]. The van der Waals surface area contributed by atoms with E-state index in [9.17, 15) is 9.59 Å². The number of carboxylic acids is 2. The Kier molecular flexibility index (Phi) is 37.6. The van der Waals surface area contributed by atoms with E-state index in [4.69, 9.17) is 29.5 Å². The van der Waals surface area contributed by atoms with Gasteiger partial charge in [0.1, 0.15) is 6.42 Å². The number of hydrogen-bond acceptors (Lipinski definition) is 6. The summed E-state index contributed by atoms with van der Waals surface area (Å²) in [5, 5.41) is 15.4. The topological polar surface area (TPSA) is 161 Å². The second kappa shape index (κ2) is 18.0. The third-order valence-corrected chi connectivity index (χ3v) is 0.302. The Morgan fingerprint density at radius 2 is 1.07 bits per heavy atom. The van der Waals surface area contributed by atoms with Crippen LogP contribution in [-0.4, -0.2) is 22.2 Å². The van der Waals surface area contributed by atoms with Gasteiger partial charge in [-0.3, -0.25) is 9.59 Å². The number of carbonyl (C=O) groups is 2. The first-order chi connectivity index (χ1) is 5.13. The van der Waals surface area contributed by atoms with Gasteiger partial charge in [-0.25, -0.2) is 0 Å². The number of phosphoric acid groups is 1. The normalized spacial score (nSPS) is 7.67. The minimum absolute atomic E-state index is 0. The molecule has 0 aromatic rings. The zero-order valence-electron chi connectivity index (χ0n) is 8.50. The maximum Gasteiger partial charge on any atom is 1.00 e. The van der Waals surface area contributed by atoms with E-state index in [0.717, 1.165) is 0 Å². The molecule has 0 fully saturated rings. The molecule has 0 aliphatic heterocycles. The Bertz CT molecular complexity index is 193. The quantitative estimate of drug-likeness (QED) is 0.288. The summed E-state index contributed by atoms with van der Waals surface area (Å²) < 4.78 is 8.55. The molecule has 0 spiro atoms. The number of carboxylic acid groups (broad SMARTS) is 2. The van der Waals surface area contributed by atoms with Crippen molar-refractivity contribution < 1.29 is 193 Å². The minimum atomic E-state index is -5.39. The Labute approximate surface area is 213 Å². The summed E-state index contributed by atoms with van der Waals surface area (Å²) in [6.07, 6.45) is -0.806. The van der Waals surface area contributed by atoms with E-state index < -0.39 is 26.2 Å². The number of hydrogen-bond donors (Lipinski definition) is 2.